The molecule has 0 aliphatic heterocycles. The van der Waals surface area contributed by atoms with Gasteiger partial charge in [-0.25, -0.2) is 0 Å². The lowest BCUT2D eigenvalue weighted by Crippen LogP contribution is -2.06. The highest BCUT2D eigenvalue weighted by Gasteiger charge is 2.11. The first-order valence-electron chi connectivity index (χ1n) is 5.39. The minimum absolute atomic E-state index is 1.21. The van der Waals surface area contributed by atoms with Crippen molar-refractivity contribution < 1.29 is 0 Å². The van der Waals surface area contributed by atoms with Crippen LogP contribution in [-0.4, -0.2) is 12.5 Å². The molecule has 1 nitrogen and oxygen atoms in total. The maximum absolute atomic E-state index is 2.26. The lowest BCUT2D eigenvalue weighted by atomic mass is 10.2. The van der Waals surface area contributed by atoms with E-state index in [2.05, 4.69) is 65.3 Å². The zero-order valence-corrected chi connectivity index (χ0v) is 11.6. The van der Waals surface area contributed by atoms with Crippen LogP contribution in [0.25, 0.3) is 0 Å². The third-order valence-electron chi connectivity index (χ3n) is 2.48. The summed E-state index contributed by atoms with van der Waals surface area (Å²) >= 11 is 3.50. The second-order valence-corrected chi connectivity index (χ2v) is 5.06. The van der Waals surface area contributed by atoms with Crippen molar-refractivity contribution in [2.45, 2.75) is 4.90 Å². The van der Waals surface area contributed by atoms with E-state index in [0.717, 1.165) is 0 Å². The predicted molar refractivity (Wildman–Crippen MR) is 80.3 cm³/mol. The van der Waals surface area contributed by atoms with Crippen LogP contribution in [0.15, 0.2) is 59.5 Å². The Labute approximate surface area is 111 Å². The summed E-state index contributed by atoms with van der Waals surface area (Å²) in [6.07, 6.45) is 4.21. The fourth-order valence-electron chi connectivity index (χ4n) is 1.70. The highest BCUT2D eigenvalue weighted by molar-refractivity contribution is 8.00. The van der Waals surface area contributed by atoms with Crippen LogP contribution in [0.5, 0.6) is 0 Å². The number of thioether (sulfide) groups is 1. The number of anilines is 2. The molecule has 0 aliphatic carbocycles. The Morgan fingerprint density at radius 2 is 1.47 bits per heavy atom. The van der Waals surface area contributed by atoms with Crippen LogP contribution in [0.2, 0.25) is 0 Å². The first-order valence-corrected chi connectivity index (χ1v) is 7.79. The van der Waals surface area contributed by atoms with Gasteiger partial charge >= 0.3 is 0 Å². The standard InChI is InChI=1S/C14H15NS2/c1-16-14-11-7-6-10-13(14)15(17-2)12-8-4-3-5-9-12/h3-11H,1-2H3. The topological polar surface area (TPSA) is 3.24 Å². The van der Waals surface area contributed by atoms with Crippen LogP contribution in [0.1, 0.15) is 0 Å². The van der Waals surface area contributed by atoms with Gasteiger partial charge in [0.1, 0.15) is 0 Å². The van der Waals surface area contributed by atoms with Crippen molar-refractivity contribution in [2.75, 3.05) is 16.8 Å². The van der Waals surface area contributed by atoms with Gasteiger partial charge in [0.25, 0.3) is 0 Å². The third kappa shape index (κ3) is 2.79. The Balaban J connectivity index is 2.42. The molecule has 0 saturated carbocycles. The SMILES string of the molecule is CSc1ccccc1N(SC)c1ccccc1. The quantitative estimate of drug-likeness (QED) is 0.573. The summed E-state index contributed by atoms with van der Waals surface area (Å²) in [6.45, 7) is 0. The lowest BCUT2D eigenvalue weighted by Gasteiger charge is -2.23. The fourth-order valence-corrected chi connectivity index (χ4v) is 3.03. The molecule has 0 bridgehead atoms. The van der Waals surface area contributed by atoms with E-state index < -0.39 is 0 Å². The zero-order chi connectivity index (χ0) is 12.1. The minimum Gasteiger partial charge on any atom is -0.284 e. The number of para-hydroxylation sites is 2. The van der Waals surface area contributed by atoms with Crippen molar-refractivity contribution in [1.29, 1.82) is 0 Å². The van der Waals surface area contributed by atoms with Gasteiger partial charge in [0, 0.05) is 11.2 Å². The largest absolute Gasteiger partial charge is 0.284 e. The third-order valence-corrected chi connectivity index (χ3v) is 4.03. The number of hydrogen-bond donors (Lipinski definition) is 0. The molecule has 2 aromatic rings. The molecule has 2 aromatic carbocycles. The molecule has 0 heterocycles. The first kappa shape index (κ1) is 12.4. The molecule has 0 atom stereocenters. The molecular weight excluding hydrogens is 246 g/mol. The Morgan fingerprint density at radius 3 is 2.12 bits per heavy atom. The van der Waals surface area contributed by atoms with Crippen molar-refractivity contribution in [3.05, 3.63) is 54.6 Å². The highest BCUT2D eigenvalue weighted by atomic mass is 32.2. The van der Waals surface area contributed by atoms with Gasteiger partial charge in [-0.15, -0.1) is 11.8 Å². The smallest absolute Gasteiger partial charge is 0.0660 e. The molecule has 3 heteroatoms. The number of nitrogens with zero attached hydrogens (tertiary/aromatic N) is 1. The van der Waals surface area contributed by atoms with Gasteiger partial charge < -0.3 is 0 Å². The summed E-state index contributed by atoms with van der Waals surface area (Å²) in [5.74, 6) is 0. The molecule has 88 valence electrons. The van der Waals surface area contributed by atoms with Crippen molar-refractivity contribution in [3.8, 4) is 0 Å². The van der Waals surface area contributed by atoms with Gasteiger partial charge in [0.05, 0.1) is 11.4 Å². The maximum atomic E-state index is 2.26. The van der Waals surface area contributed by atoms with Gasteiger partial charge in [-0.3, -0.25) is 4.31 Å². The molecule has 17 heavy (non-hydrogen) atoms. The van der Waals surface area contributed by atoms with E-state index in [0.29, 0.717) is 0 Å². The van der Waals surface area contributed by atoms with Gasteiger partial charge in [-0.05, 0) is 42.5 Å². The summed E-state index contributed by atoms with van der Waals surface area (Å²) in [5.41, 5.74) is 2.46. The first-order chi connectivity index (χ1) is 8.36. The van der Waals surface area contributed by atoms with E-state index in [4.69, 9.17) is 0 Å². The monoisotopic (exact) mass is 261 g/mol. The molecule has 0 amide bonds. The second kappa shape index (κ2) is 6.03. The normalized spacial score (nSPS) is 10.2. The van der Waals surface area contributed by atoms with Crippen LogP contribution in [0.3, 0.4) is 0 Å². The van der Waals surface area contributed by atoms with E-state index in [1.54, 1.807) is 23.7 Å². The van der Waals surface area contributed by atoms with Crippen LogP contribution in [0, 0.1) is 0 Å². The molecule has 0 radical (unpaired) electrons. The molecule has 2 rings (SSSR count). The van der Waals surface area contributed by atoms with Gasteiger partial charge in [-0.1, -0.05) is 30.3 Å². The van der Waals surface area contributed by atoms with E-state index in [-0.39, 0.29) is 0 Å². The lowest BCUT2D eigenvalue weighted by molar-refractivity contribution is 1.34. The summed E-state index contributed by atoms with van der Waals surface area (Å²) < 4.78 is 2.26. The second-order valence-electron chi connectivity index (χ2n) is 3.48. The highest BCUT2D eigenvalue weighted by Crippen LogP contribution is 2.37. The summed E-state index contributed by atoms with van der Waals surface area (Å²) in [4.78, 5) is 1.30. The van der Waals surface area contributed by atoms with Gasteiger partial charge in [0.2, 0.25) is 0 Å². The number of benzene rings is 2. The van der Waals surface area contributed by atoms with E-state index >= 15 is 0 Å². The fraction of sp³-hybridized carbons (Fsp3) is 0.143. The predicted octanol–water partition coefficient (Wildman–Crippen LogP) is 4.82. The van der Waals surface area contributed by atoms with Crippen LogP contribution < -0.4 is 4.31 Å². The Kier molecular flexibility index (Phi) is 4.40. The van der Waals surface area contributed by atoms with E-state index in [1.807, 2.05) is 6.07 Å². The van der Waals surface area contributed by atoms with Crippen molar-refractivity contribution in [1.82, 2.24) is 0 Å². The Hall–Kier alpha value is -1.06. The number of rotatable bonds is 4. The van der Waals surface area contributed by atoms with Gasteiger partial charge in [-0.2, -0.15) is 0 Å². The van der Waals surface area contributed by atoms with Crippen molar-refractivity contribution in [2.24, 2.45) is 0 Å². The molecule has 0 fully saturated rings. The minimum atomic E-state index is 1.21. The number of hydrogen-bond acceptors (Lipinski definition) is 3. The molecule has 0 aromatic heterocycles. The summed E-state index contributed by atoms with van der Waals surface area (Å²) in [6, 6.07) is 18.9. The molecule has 0 spiro atoms. The van der Waals surface area contributed by atoms with Crippen LogP contribution in [0.4, 0.5) is 11.4 Å². The zero-order valence-electron chi connectivity index (χ0n) is 9.96. The van der Waals surface area contributed by atoms with Crippen LogP contribution >= 0.6 is 23.7 Å². The molecule has 0 saturated heterocycles. The van der Waals surface area contributed by atoms with Crippen molar-refractivity contribution >= 4 is 35.1 Å². The average molecular weight is 261 g/mol. The maximum Gasteiger partial charge on any atom is 0.0660 e. The van der Waals surface area contributed by atoms with E-state index in [9.17, 15) is 0 Å². The summed E-state index contributed by atoms with van der Waals surface area (Å²) in [5, 5.41) is 0. The van der Waals surface area contributed by atoms with Crippen molar-refractivity contribution in [3.63, 3.8) is 0 Å². The molecule has 0 unspecified atom stereocenters. The van der Waals surface area contributed by atoms with Gasteiger partial charge in [0.15, 0.2) is 0 Å². The molecular formula is C14H15NS2. The Bertz CT molecular complexity index is 471. The van der Waals surface area contributed by atoms with Crippen LogP contribution in [-0.2, 0) is 0 Å². The molecule has 0 aliphatic rings. The molecule has 0 N–H and O–H groups in total. The Morgan fingerprint density at radius 1 is 0.824 bits per heavy atom. The summed E-state index contributed by atoms with van der Waals surface area (Å²) in [7, 11) is 0. The van der Waals surface area contributed by atoms with E-state index in [1.165, 1.54) is 16.3 Å². The average Bonchev–Trinajstić information content (AvgIpc) is 2.41.